The summed E-state index contributed by atoms with van der Waals surface area (Å²) in [6.07, 6.45) is -4.55. The van der Waals surface area contributed by atoms with Crippen molar-refractivity contribution >= 4 is 44.4 Å². The Bertz CT molecular complexity index is 1380. The summed E-state index contributed by atoms with van der Waals surface area (Å²) in [4.78, 5) is 9.92. The van der Waals surface area contributed by atoms with Crippen LogP contribution in [0.5, 0.6) is 0 Å². The third kappa shape index (κ3) is 5.83. The van der Waals surface area contributed by atoms with Crippen molar-refractivity contribution in [3.05, 3.63) is 93.0 Å². The molecule has 8 nitrogen and oxygen atoms in total. The molecule has 0 atom stereocenters. The van der Waals surface area contributed by atoms with E-state index in [1.807, 2.05) is 0 Å². The molecular formula is C21H16ClF3N4O4S. The second-order valence-electron chi connectivity index (χ2n) is 6.91. The number of hydrogen-bond acceptors (Lipinski definition) is 6. The smallest absolute Gasteiger partial charge is 0.278 e. The van der Waals surface area contributed by atoms with E-state index in [9.17, 15) is 31.7 Å². The number of nitro benzene ring substituents is 1. The Morgan fingerprint density at radius 1 is 1.03 bits per heavy atom. The molecule has 2 N–H and O–H groups in total. The first kappa shape index (κ1) is 25.0. The van der Waals surface area contributed by atoms with E-state index >= 15 is 0 Å². The zero-order valence-electron chi connectivity index (χ0n) is 17.3. The molecule has 0 saturated heterocycles. The number of alkyl halides is 3. The highest BCUT2D eigenvalue weighted by atomic mass is 35.5. The largest absolute Gasteiger partial charge is 0.416 e. The number of anilines is 2. The molecule has 0 bridgehead atoms. The van der Waals surface area contributed by atoms with E-state index in [0.29, 0.717) is 0 Å². The predicted octanol–water partition coefficient (Wildman–Crippen LogP) is 5.90. The molecule has 0 aliphatic rings. The maximum Gasteiger partial charge on any atom is 0.416 e. The minimum atomic E-state index is -4.55. The first-order valence-electron chi connectivity index (χ1n) is 9.42. The zero-order chi connectivity index (χ0) is 25.1. The van der Waals surface area contributed by atoms with Crippen LogP contribution >= 0.6 is 11.6 Å². The van der Waals surface area contributed by atoms with Gasteiger partial charge in [-0.1, -0.05) is 35.9 Å². The van der Waals surface area contributed by atoms with Gasteiger partial charge in [-0.2, -0.15) is 18.3 Å². The van der Waals surface area contributed by atoms with Gasteiger partial charge in [0.15, 0.2) is 0 Å². The van der Waals surface area contributed by atoms with E-state index in [4.69, 9.17) is 11.6 Å². The van der Waals surface area contributed by atoms with Crippen molar-refractivity contribution < 1.29 is 26.5 Å². The van der Waals surface area contributed by atoms with E-state index in [1.165, 1.54) is 31.2 Å². The molecule has 3 aromatic carbocycles. The maximum absolute atomic E-state index is 13.0. The molecule has 0 spiro atoms. The Morgan fingerprint density at radius 3 is 2.38 bits per heavy atom. The van der Waals surface area contributed by atoms with Gasteiger partial charge in [0.05, 0.1) is 32.6 Å². The number of nitrogens with zero attached hydrogens (tertiary/aromatic N) is 2. The lowest BCUT2D eigenvalue weighted by Crippen LogP contribution is -2.15. The van der Waals surface area contributed by atoms with Gasteiger partial charge in [0.2, 0.25) is 0 Å². The maximum atomic E-state index is 13.0. The highest BCUT2D eigenvalue weighted by Gasteiger charge is 2.30. The molecule has 34 heavy (non-hydrogen) atoms. The summed E-state index contributed by atoms with van der Waals surface area (Å²) in [6, 6.07) is 13.4. The standard InChI is InChI=1S/C21H16ClF3N4O4S/c1-13(14-5-4-6-15(11-14)21(23,24)25)26-27-19-10-9-16(29(30)31)12-20(19)34(32,33)28-18-8-3-2-7-17(18)22/h2-12,27-28H,1H3. The van der Waals surface area contributed by atoms with Crippen LogP contribution < -0.4 is 10.1 Å². The van der Waals surface area contributed by atoms with Crippen LogP contribution in [0, 0.1) is 10.1 Å². The van der Waals surface area contributed by atoms with Crippen molar-refractivity contribution in [3.8, 4) is 0 Å². The van der Waals surface area contributed by atoms with Gasteiger partial charge in [0.25, 0.3) is 15.7 Å². The minimum Gasteiger partial charge on any atom is -0.278 e. The predicted molar refractivity (Wildman–Crippen MR) is 123 cm³/mol. The van der Waals surface area contributed by atoms with Gasteiger partial charge in [-0.05, 0) is 42.8 Å². The fourth-order valence-corrected chi connectivity index (χ4v) is 4.31. The summed E-state index contributed by atoms with van der Waals surface area (Å²) >= 11 is 6.00. The summed E-state index contributed by atoms with van der Waals surface area (Å²) in [5, 5.41) is 15.3. The van der Waals surface area contributed by atoms with Crippen LogP contribution in [-0.4, -0.2) is 19.1 Å². The highest BCUT2D eigenvalue weighted by molar-refractivity contribution is 7.93. The zero-order valence-corrected chi connectivity index (χ0v) is 18.9. The highest BCUT2D eigenvalue weighted by Crippen LogP contribution is 2.31. The van der Waals surface area contributed by atoms with Crippen LogP contribution in [0.3, 0.4) is 0 Å². The summed E-state index contributed by atoms with van der Waals surface area (Å²) in [5.41, 5.74) is 1.27. The number of hydrogen-bond donors (Lipinski definition) is 2. The van der Waals surface area contributed by atoms with Gasteiger partial charge < -0.3 is 0 Å². The first-order valence-corrected chi connectivity index (χ1v) is 11.3. The molecule has 0 heterocycles. The van der Waals surface area contributed by atoms with Crippen molar-refractivity contribution in [3.63, 3.8) is 0 Å². The number of nitrogens with one attached hydrogen (secondary N) is 2. The molecule has 0 saturated carbocycles. The number of non-ortho nitro benzene ring substituents is 1. The van der Waals surface area contributed by atoms with Gasteiger partial charge in [-0.3, -0.25) is 20.3 Å². The third-order valence-electron chi connectivity index (χ3n) is 4.54. The lowest BCUT2D eigenvalue weighted by molar-refractivity contribution is -0.385. The third-order valence-corrected chi connectivity index (χ3v) is 6.27. The van der Waals surface area contributed by atoms with Gasteiger partial charge >= 0.3 is 6.18 Å². The molecule has 0 radical (unpaired) electrons. The monoisotopic (exact) mass is 512 g/mol. The Hall–Kier alpha value is -3.64. The van der Waals surface area contributed by atoms with Crippen LogP contribution in [0.4, 0.5) is 30.2 Å². The lowest BCUT2D eigenvalue weighted by Gasteiger charge is -2.13. The molecule has 0 aliphatic heterocycles. The minimum absolute atomic E-state index is 0.0465. The van der Waals surface area contributed by atoms with Gasteiger partial charge in [-0.25, -0.2) is 8.42 Å². The number of benzene rings is 3. The second kappa shape index (κ2) is 9.69. The second-order valence-corrected chi connectivity index (χ2v) is 8.97. The summed E-state index contributed by atoms with van der Waals surface area (Å²) in [6.45, 7) is 1.42. The van der Waals surface area contributed by atoms with Crippen LogP contribution in [0.2, 0.25) is 5.02 Å². The van der Waals surface area contributed by atoms with E-state index in [2.05, 4.69) is 15.2 Å². The van der Waals surface area contributed by atoms with Gasteiger partial charge in [-0.15, -0.1) is 0 Å². The van der Waals surface area contributed by atoms with E-state index in [0.717, 1.165) is 30.3 Å². The van der Waals surface area contributed by atoms with Crippen LogP contribution in [-0.2, 0) is 16.2 Å². The number of nitro groups is 1. The molecule has 0 aromatic heterocycles. The number of sulfonamides is 1. The van der Waals surface area contributed by atoms with E-state index in [1.54, 1.807) is 12.1 Å². The Morgan fingerprint density at radius 2 is 1.74 bits per heavy atom. The Balaban J connectivity index is 1.99. The van der Waals surface area contributed by atoms with Crippen LogP contribution in [0.1, 0.15) is 18.1 Å². The molecule has 13 heteroatoms. The number of hydrazone groups is 1. The average molecular weight is 513 g/mol. The molecule has 3 aromatic rings. The summed E-state index contributed by atoms with van der Waals surface area (Å²) in [7, 11) is -4.38. The molecule has 3 rings (SSSR count). The average Bonchev–Trinajstić information content (AvgIpc) is 2.78. The number of rotatable bonds is 7. The van der Waals surface area contributed by atoms with E-state index < -0.39 is 37.3 Å². The first-order chi connectivity index (χ1) is 15.9. The van der Waals surface area contributed by atoms with Crippen LogP contribution in [0.15, 0.2) is 76.7 Å². The number of para-hydroxylation sites is 1. The molecular weight excluding hydrogens is 497 g/mol. The molecule has 178 valence electrons. The SMILES string of the molecule is CC(=NNc1ccc([N+](=O)[O-])cc1S(=O)(=O)Nc1ccccc1Cl)c1cccc(C(F)(F)F)c1. The normalized spacial score (nSPS) is 12.3. The summed E-state index contributed by atoms with van der Waals surface area (Å²) in [5.74, 6) is 0. The summed E-state index contributed by atoms with van der Waals surface area (Å²) < 4.78 is 67.2. The van der Waals surface area contributed by atoms with Crippen LogP contribution in [0.25, 0.3) is 0 Å². The quantitative estimate of drug-likeness (QED) is 0.232. The van der Waals surface area contributed by atoms with Crippen molar-refractivity contribution in [2.45, 2.75) is 18.0 Å². The topological polar surface area (TPSA) is 114 Å². The van der Waals surface area contributed by atoms with Crippen molar-refractivity contribution in [1.29, 1.82) is 0 Å². The number of halogens is 4. The molecule has 0 fully saturated rings. The molecule has 0 aliphatic carbocycles. The Kier molecular flexibility index (Phi) is 7.12. The van der Waals surface area contributed by atoms with Crippen molar-refractivity contribution in [1.82, 2.24) is 0 Å². The fourth-order valence-electron chi connectivity index (χ4n) is 2.81. The Labute approximate surface area is 197 Å². The molecule has 0 amide bonds. The fraction of sp³-hybridized carbons (Fsp3) is 0.0952. The van der Waals surface area contributed by atoms with Gasteiger partial charge in [0, 0.05) is 12.1 Å². The van der Waals surface area contributed by atoms with Crippen molar-refractivity contribution in [2.75, 3.05) is 10.1 Å². The van der Waals surface area contributed by atoms with Gasteiger partial charge in [0.1, 0.15) is 4.90 Å². The van der Waals surface area contributed by atoms with Crippen molar-refractivity contribution in [2.24, 2.45) is 5.10 Å². The lowest BCUT2D eigenvalue weighted by atomic mass is 10.1. The van der Waals surface area contributed by atoms with E-state index in [-0.39, 0.29) is 27.7 Å². The molecule has 0 unspecified atom stereocenters.